The van der Waals surface area contributed by atoms with Crippen LogP contribution in [0.1, 0.15) is 23.6 Å². The van der Waals surface area contributed by atoms with Crippen LogP contribution in [0, 0.1) is 0 Å². The highest BCUT2D eigenvalue weighted by Crippen LogP contribution is 2.50. The summed E-state index contributed by atoms with van der Waals surface area (Å²) in [5, 5.41) is 9.56. The Balaban J connectivity index is 1.39. The SMILES string of the molecule is C[C@@H]1CN(Cc2ccc(-c3ccc(C(O)(C(F)(F)F)C(F)(F)F)cc3)cc2)CCN1Cc1ccncc1. The number of alkyl halides is 6. The highest BCUT2D eigenvalue weighted by molar-refractivity contribution is 5.64. The van der Waals surface area contributed by atoms with Gasteiger partial charge in [0.1, 0.15) is 0 Å². The second-order valence-corrected chi connectivity index (χ2v) is 9.39. The Bertz CT molecular complexity index is 1150. The largest absolute Gasteiger partial charge is 0.430 e. The molecule has 1 saturated heterocycles. The molecule has 0 unspecified atom stereocenters. The van der Waals surface area contributed by atoms with Gasteiger partial charge in [0.25, 0.3) is 5.60 Å². The molecular weight excluding hydrogens is 496 g/mol. The molecule has 0 saturated carbocycles. The van der Waals surface area contributed by atoms with Crippen molar-refractivity contribution in [2.75, 3.05) is 19.6 Å². The van der Waals surface area contributed by atoms with Crippen LogP contribution in [0.2, 0.25) is 0 Å². The molecule has 4 rings (SSSR count). The number of rotatable bonds is 6. The Hall–Kier alpha value is -2.95. The highest BCUT2D eigenvalue weighted by atomic mass is 19.4. The molecule has 2 aromatic carbocycles. The average Bonchev–Trinajstić information content (AvgIpc) is 2.85. The lowest BCUT2D eigenvalue weighted by Crippen LogP contribution is -2.53. The molecule has 0 aliphatic carbocycles. The van der Waals surface area contributed by atoms with Gasteiger partial charge in [-0.15, -0.1) is 0 Å². The van der Waals surface area contributed by atoms with Gasteiger partial charge >= 0.3 is 12.4 Å². The zero-order valence-electron chi connectivity index (χ0n) is 20.1. The smallest absolute Gasteiger partial charge is 0.369 e. The maximum absolute atomic E-state index is 13.1. The quantitative estimate of drug-likeness (QED) is 0.417. The van der Waals surface area contributed by atoms with Crippen molar-refractivity contribution >= 4 is 0 Å². The molecular formula is C27H27F6N3O. The monoisotopic (exact) mass is 523 g/mol. The first-order chi connectivity index (χ1) is 17.4. The molecule has 10 heteroatoms. The highest BCUT2D eigenvalue weighted by Gasteiger charge is 2.71. The fourth-order valence-corrected chi connectivity index (χ4v) is 4.62. The lowest BCUT2D eigenvalue weighted by atomic mass is 9.90. The summed E-state index contributed by atoms with van der Waals surface area (Å²) < 4.78 is 78.7. The molecule has 3 aromatic rings. The molecule has 0 amide bonds. The summed E-state index contributed by atoms with van der Waals surface area (Å²) >= 11 is 0. The Morgan fingerprint density at radius 1 is 0.757 bits per heavy atom. The second kappa shape index (κ2) is 10.4. The number of aliphatic hydroxyl groups is 1. The zero-order valence-corrected chi connectivity index (χ0v) is 20.1. The standard InChI is InChI=1S/C27H27F6N3O/c1-19-16-35(14-15-36(19)18-21-10-12-34-13-11-21)17-20-2-4-22(5-3-20)23-6-8-24(9-7-23)25(37,26(28,29)30)27(31,32)33/h2-13,19,37H,14-18H2,1H3/t19-/m1/s1. The van der Waals surface area contributed by atoms with Crippen LogP contribution in [0.15, 0.2) is 73.1 Å². The van der Waals surface area contributed by atoms with Crippen molar-refractivity contribution in [3.05, 3.63) is 89.7 Å². The molecule has 0 spiro atoms. The minimum Gasteiger partial charge on any atom is -0.369 e. The van der Waals surface area contributed by atoms with Gasteiger partial charge in [0.2, 0.25) is 0 Å². The molecule has 37 heavy (non-hydrogen) atoms. The van der Waals surface area contributed by atoms with E-state index >= 15 is 0 Å². The number of aromatic nitrogens is 1. The van der Waals surface area contributed by atoms with E-state index < -0.39 is 23.5 Å². The second-order valence-electron chi connectivity index (χ2n) is 9.39. The number of benzene rings is 2. The fourth-order valence-electron chi connectivity index (χ4n) is 4.62. The van der Waals surface area contributed by atoms with Gasteiger partial charge in [-0.1, -0.05) is 48.5 Å². The molecule has 1 aromatic heterocycles. The van der Waals surface area contributed by atoms with Gasteiger partial charge < -0.3 is 5.11 Å². The lowest BCUT2D eigenvalue weighted by Gasteiger charge is -2.40. The van der Waals surface area contributed by atoms with Crippen LogP contribution in [-0.4, -0.2) is 57.9 Å². The molecule has 1 N–H and O–H groups in total. The first-order valence-electron chi connectivity index (χ1n) is 11.8. The van der Waals surface area contributed by atoms with Crippen molar-refractivity contribution in [1.29, 1.82) is 0 Å². The van der Waals surface area contributed by atoms with Gasteiger partial charge in [0.05, 0.1) is 0 Å². The van der Waals surface area contributed by atoms with Gasteiger partial charge in [-0.25, -0.2) is 0 Å². The third-order valence-corrected chi connectivity index (χ3v) is 6.80. The van der Waals surface area contributed by atoms with E-state index in [9.17, 15) is 31.4 Å². The zero-order chi connectivity index (χ0) is 26.8. The van der Waals surface area contributed by atoms with Crippen LogP contribution in [0.3, 0.4) is 0 Å². The Labute approximate surface area is 211 Å². The van der Waals surface area contributed by atoms with Gasteiger partial charge in [-0.3, -0.25) is 14.8 Å². The van der Waals surface area contributed by atoms with Crippen LogP contribution in [0.4, 0.5) is 26.3 Å². The molecule has 4 nitrogen and oxygen atoms in total. The van der Waals surface area contributed by atoms with Gasteiger partial charge in [-0.2, -0.15) is 26.3 Å². The number of halogens is 6. The third kappa shape index (κ3) is 5.81. The lowest BCUT2D eigenvalue weighted by molar-refractivity contribution is -0.376. The van der Waals surface area contributed by atoms with E-state index in [4.69, 9.17) is 0 Å². The molecule has 1 fully saturated rings. The number of piperazine rings is 1. The van der Waals surface area contributed by atoms with E-state index in [2.05, 4.69) is 21.7 Å². The van der Waals surface area contributed by atoms with Crippen molar-refractivity contribution in [2.24, 2.45) is 0 Å². The van der Waals surface area contributed by atoms with Crippen LogP contribution in [0.25, 0.3) is 11.1 Å². The van der Waals surface area contributed by atoms with Gasteiger partial charge in [0.15, 0.2) is 0 Å². The first kappa shape index (κ1) is 27.1. The van der Waals surface area contributed by atoms with Crippen LogP contribution in [-0.2, 0) is 18.7 Å². The summed E-state index contributed by atoms with van der Waals surface area (Å²) in [6.45, 7) is 6.52. The van der Waals surface area contributed by atoms with Crippen molar-refractivity contribution < 1.29 is 31.4 Å². The van der Waals surface area contributed by atoms with Crippen molar-refractivity contribution in [3.63, 3.8) is 0 Å². The van der Waals surface area contributed by atoms with Crippen LogP contribution < -0.4 is 0 Å². The minimum absolute atomic E-state index is 0.367. The Kier molecular flexibility index (Phi) is 7.64. The van der Waals surface area contributed by atoms with E-state index in [0.717, 1.165) is 50.4 Å². The average molecular weight is 524 g/mol. The summed E-state index contributed by atoms with van der Waals surface area (Å²) in [5.74, 6) is 0. The van der Waals surface area contributed by atoms with Crippen molar-refractivity contribution in [3.8, 4) is 11.1 Å². The van der Waals surface area contributed by atoms with E-state index in [-0.39, 0.29) is 0 Å². The summed E-state index contributed by atoms with van der Waals surface area (Å²) in [6.07, 6.45) is -8.23. The molecule has 1 aliphatic heterocycles. The number of nitrogens with zero attached hydrogens (tertiary/aromatic N) is 3. The molecule has 2 heterocycles. The molecule has 0 bridgehead atoms. The van der Waals surface area contributed by atoms with E-state index in [0.29, 0.717) is 29.3 Å². The summed E-state index contributed by atoms with van der Waals surface area (Å²) in [4.78, 5) is 8.84. The molecule has 1 aliphatic rings. The van der Waals surface area contributed by atoms with E-state index in [1.54, 1.807) is 24.5 Å². The predicted octanol–water partition coefficient (Wildman–Crippen LogP) is 5.77. The van der Waals surface area contributed by atoms with Crippen molar-refractivity contribution in [2.45, 2.75) is 44.0 Å². The van der Waals surface area contributed by atoms with Crippen LogP contribution in [0.5, 0.6) is 0 Å². The van der Waals surface area contributed by atoms with E-state index in [1.807, 2.05) is 24.3 Å². The molecule has 0 radical (unpaired) electrons. The minimum atomic E-state index is -5.91. The summed E-state index contributed by atoms with van der Waals surface area (Å²) in [5.41, 5.74) is -2.83. The number of hydrogen-bond acceptors (Lipinski definition) is 4. The maximum Gasteiger partial charge on any atom is 0.430 e. The maximum atomic E-state index is 13.1. The predicted molar refractivity (Wildman–Crippen MR) is 127 cm³/mol. The van der Waals surface area contributed by atoms with Crippen LogP contribution >= 0.6 is 0 Å². The third-order valence-electron chi connectivity index (χ3n) is 6.80. The summed E-state index contributed by atoms with van der Waals surface area (Å²) in [7, 11) is 0. The Morgan fingerprint density at radius 2 is 1.27 bits per heavy atom. The normalized spacial score (nSPS) is 18.2. The summed E-state index contributed by atoms with van der Waals surface area (Å²) in [6, 6.07) is 15.4. The number of hydrogen-bond donors (Lipinski definition) is 1. The fraction of sp³-hybridized carbons (Fsp3) is 0.370. The van der Waals surface area contributed by atoms with E-state index in [1.165, 1.54) is 5.56 Å². The number of pyridine rings is 1. The molecule has 1 atom stereocenters. The topological polar surface area (TPSA) is 39.6 Å². The van der Waals surface area contributed by atoms with Gasteiger partial charge in [0, 0.05) is 56.7 Å². The van der Waals surface area contributed by atoms with Crippen molar-refractivity contribution in [1.82, 2.24) is 14.8 Å². The molecule has 198 valence electrons. The Morgan fingerprint density at radius 3 is 1.78 bits per heavy atom. The first-order valence-corrected chi connectivity index (χ1v) is 11.8. The van der Waals surface area contributed by atoms with Gasteiger partial charge in [-0.05, 0) is 41.3 Å².